The summed E-state index contributed by atoms with van der Waals surface area (Å²) in [5.74, 6) is -0.678. The summed E-state index contributed by atoms with van der Waals surface area (Å²) in [7, 11) is 0. The number of ether oxygens (including phenoxy) is 3. The monoisotopic (exact) mass is 356 g/mol. The van der Waals surface area contributed by atoms with Crippen molar-refractivity contribution < 1.29 is 23.8 Å². The van der Waals surface area contributed by atoms with Crippen LogP contribution in [0.3, 0.4) is 0 Å². The molecule has 0 atom stereocenters. The molecule has 0 unspecified atom stereocenters. The van der Waals surface area contributed by atoms with Crippen LogP contribution in [0.15, 0.2) is 24.3 Å². The summed E-state index contributed by atoms with van der Waals surface area (Å²) in [6.07, 6.45) is 6.77. The van der Waals surface area contributed by atoms with Gasteiger partial charge in [0.1, 0.15) is 19.0 Å². The van der Waals surface area contributed by atoms with E-state index in [2.05, 4.69) is 6.92 Å². The molecule has 6 heteroatoms. The summed E-state index contributed by atoms with van der Waals surface area (Å²) < 4.78 is 15.0. The zero-order valence-corrected chi connectivity index (χ0v) is 14.8. The molecule has 0 aliphatic carbocycles. The molecule has 0 saturated carbocycles. The smallest absolute Gasteiger partial charge is 0.337 e. The van der Waals surface area contributed by atoms with Crippen LogP contribution >= 0.6 is 11.6 Å². The van der Waals surface area contributed by atoms with Gasteiger partial charge in [0.25, 0.3) is 0 Å². The fourth-order valence-corrected chi connectivity index (χ4v) is 2.12. The van der Waals surface area contributed by atoms with Gasteiger partial charge in [-0.25, -0.2) is 9.59 Å². The standard InChI is InChI=1S/C18H25ClO5/c1-2-3-4-5-6-7-12-23-17(20)13-22-14-18(21)24-16-10-8-15(19)9-11-16/h8-11H,2-7,12-14H2,1H3. The van der Waals surface area contributed by atoms with Gasteiger partial charge >= 0.3 is 11.9 Å². The first-order valence-electron chi connectivity index (χ1n) is 8.31. The van der Waals surface area contributed by atoms with Crippen molar-refractivity contribution in [3.05, 3.63) is 29.3 Å². The number of esters is 2. The predicted molar refractivity (Wildman–Crippen MR) is 92.2 cm³/mol. The molecular weight excluding hydrogens is 332 g/mol. The van der Waals surface area contributed by atoms with E-state index >= 15 is 0 Å². The van der Waals surface area contributed by atoms with E-state index in [0.717, 1.165) is 12.8 Å². The van der Waals surface area contributed by atoms with E-state index in [-0.39, 0.29) is 13.2 Å². The summed E-state index contributed by atoms with van der Waals surface area (Å²) in [5.41, 5.74) is 0. The first-order valence-corrected chi connectivity index (χ1v) is 8.69. The van der Waals surface area contributed by atoms with Crippen LogP contribution in [-0.2, 0) is 19.1 Å². The third kappa shape index (κ3) is 10.2. The number of carbonyl (C=O) groups is 2. The maximum atomic E-state index is 11.5. The second-order valence-electron chi connectivity index (χ2n) is 5.41. The molecule has 0 aliphatic heterocycles. The van der Waals surface area contributed by atoms with E-state index in [0.29, 0.717) is 17.4 Å². The van der Waals surface area contributed by atoms with E-state index < -0.39 is 11.9 Å². The Morgan fingerprint density at radius 1 is 0.917 bits per heavy atom. The quantitative estimate of drug-likeness (QED) is 0.319. The highest BCUT2D eigenvalue weighted by Crippen LogP contribution is 2.15. The van der Waals surface area contributed by atoms with Gasteiger partial charge in [0.05, 0.1) is 6.61 Å². The molecule has 1 aromatic carbocycles. The summed E-state index contributed by atoms with van der Waals surface area (Å²) in [4.78, 5) is 23.0. The third-order valence-corrected chi connectivity index (χ3v) is 3.50. The molecule has 24 heavy (non-hydrogen) atoms. The van der Waals surface area contributed by atoms with E-state index in [1.807, 2.05) is 0 Å². The van der Waals surface area contributed by atoms with Crippen molar-refractivity contribution in [2.75, 3.05) is 19.8 Å². The molecule has 5 nitrogen and oxygen atoms in total. The van der Waals surface area contributed by atoms with Crippen molar-refractivity contribution in [1.29, 1.82) is 0 Å². The van der Waals surface area contributed by atoms with Gasteiger partial charge in [0.15, 0.2) is 0 Å². The highest BCUT2D eigenvalue weighted by Gasteiger charge is 2.08. The van der Waals surface area contributed by atoms with Crippen LogP contribution in [0.2, 0.25) is 5.02 Å². The molecule has 0 radical (unpaired) electrons. The Kier molecular flexibility index (Phi) is 10.9. The number of unbranched alkanes of at least 4 members (excludes halogenated alkanes) is 5. The maximum absolute atomic E-state index is 11.5. The van der Waals surface area contributed by atoms with E-state index in [4.69, 9.17) is 25.8 Å². The van der Waals surface area contributed by atoms with E-state index in [1.54, 1.807) is 24.3 Å². The minimum absolute atomic E-state index is 0.258. The molecule has 0 amide bonds. The molecule has 0 saturated heterocycles. The van der Waals surface area contributed by atoms with Crippen LogP contribution in [0.5, 0.6) is 5.75 Å². The van der Waals surface area contributed by atoms with Crippen LogP contribution in [0.4, 0.5) is 0 Å². The molecule has 1 rings (SSSR count). The third-order valence-electron chi connectivity index (χ3n) is 3.25. The Morgan fingerprint density at radius 3 is 2.25 bits per heavy atom. The molecule has 134 valence electrons. The van der Waals surface area contributed by atoms with E-state index in [9.17, 15) is 9.59 Å². The Hall–Kier alpha value is -1.59. The van der Waals surface area contributed by atoms with Crippen molar-refractivity contribution in [2.24, 2.45) is 0 Å². The molecule has 0 bridgehead atoms. The topological polar surface area (TPSA) is 61.8 Å². The van der Waals surface area contributed by atoms with Gasteiger partial charge < -0.3 is 14.2 Å². The molecule has 0 fully saturated rings. The highest BCUT2D eigenvalue weighted by molar-refractivity contribution is 6.30. The Bertz CT molecular complexity index is 487. The van der Waals surface area contributed by atoms with Gasteiger partial charge in [-0.2, -0.15) is 0 Å². The lowest BCUT2D eigenvalue weighted by Crippen LogP contribution is -2.20. The summed E-state index contributed by atoms with van der Waals surface area (Å²) in [6, 6.07) is 6.39. The van der Waals surface area contributed by atoms with Gasteiger partial charge in [0, 0.05) is 5.02 Å². The fraction of sp³-hybridized carbons (Fsp3) is 0.556. The number of rotatable bonds is 12. The number of hydrogen-bond acceptors (Lipinski definition) is 5. The lowest BCUT2D eigenvalue weighted by Gasteiger charge is -2.06. The lowest BCUT2D eigenvalue weighted by molar-refractivity contribution is -0.152. The normalized spacial score (nSPS) is 10.4. The minimum atomic E-state index is -0.582. The van der Waals surface area contributed by atoms with Crippen molar-refractivity contribution in [3.8, 4) is 5.75 Å². The lowest BCUT2D eigenvalue weighted by atomic mass is 10.1. The second-order valence-corrected chi connectivity index (χ2v) is 5.85. The van der Waals surface area contributed by atoms with Gasteiger partial charge in [-0.3, -0.25) is 0 Å². The van der Waals surface area contributed by atoms with Crippen molar-refractivity contribution in [1.82, 2.24) is 0 Å². The first-order chi connectivity index (χ1) is 11.6. The van der Waals surface area contributed by atoms with Gasteiger partial charge in [-0.15, -0.1) is 0 Å². The Balaban J connectivity index is 2.02. The highest BCUT2D eigenvalue weighted by atomic mass is 35.5. The maximum Gasteiger partial charge on any atom is 0.337 e. The van der Waals surface area contributed by atoms with Gasteiger partial charge in [0.2, 0.25) is 0 Å². The first kappa shape index (κ1) is 20.5. The van der Waals surface area contributed by atoms with Crippen LogP contribution in [0.1, 0.15) is 45.4 Å². The number of carbonyl (C=O) groups excluding carboxylic acids is 2. The van der Waals surface area contributed by atoms with Gasteiger partial charge in [-0.1, -0.05) is 50.6 Å². The Morgan fingerprint density at radius 2 is 1.54 bits per heavy atom. The SMILES string of the molecule is CCCCCCCCOC(=O)COCC(=O)Oc1ccc(Cl)cc1. The zero-order chi connectivity index (χ0) is 17.6. The Labute approximate surface area is 148 Å². The molecular formula is C18H25ClO5. The zero-order valence-electron chi connectivity index (χ0n) is 14.1. The van der Waals surface area contributed by atoms with Crippen LogP contribution in [0, 0.1) is 0 Å². The molecule has 1 aromatic rings. The minimum Gasteiger partial charge on any atom is -0.464 e. The number of halogens is 1. The van der Waals surface area contributed by atoms with Crippen molar-refractivity contribution in [3.63, 3.8) is 0 Å². The van der Waals surface area contributed by atoms with Gasteiger partial charge in [-0.05, 0) is 30.7 Å². The van der Waals surface area contributed by atoms with E-state index in [1.165, 1.54) is 25.7 Å². The molecule has 0 aromatic heterocycles. The molecule has 0 spiro atoms. The van der Waals surface area contributed by atoms with Crippen LogP contribution in [0.25, 0.3) is 0 Å². The average molecular weight is 357 g/mol. The van der Waals surface area contributed by atoms with Crippen molar-refractivity contribution >= 4 is 23.5 Å². The summed E-state index contributed by atoms with van der Waals surface area (Å²) in [6.45, 7) is 2.00. The number of benzene rings is 1. The summed E-state index contributed by atoms with van der Waals surface area (Å²) in [5, 5.41) is 0.555. The summed E-state index contributed by atoms with van der Waals surface area (Å²) >= 11 is 5.73. The van der Waals surface area contributed by atoms with Crippen molar-refractivity contribution in [2.45, 2.75) is 45.4 Å². The second kappa shape index (κ2) is 12.8. The van der Waals surface area contributed by atoms with Crippen LogP contribution in [-0.4, -0.2) is 31.8 Å². The average Bonchev–Trinajstić information content (AvgIpc) is 2.56. The molecule has 0 N–H and O–H groups in total. The predicted octanol–water partition coefficient (Wildman–Crippen LogP) is 4.17. The molecule has 0 heterocycles. The van der Waals surface area contributed by atoms with Crippen LogP contribution < -0.4 is 4.74 Å². The molecule has 0 aliphatic rings. The fourth-order valence-electron chi connectivity index (χ4n) is 1.99. The number of hydrogen-bond donors (Lipinski definition) is 0. The largest absolute Gasteiger partial charge is 0.464 e.